The standard InChI is InChI=1S/C8H19N3/c1-11(2)7-8(9)4-3-5-10-6-8/h10H,3-7,9H2,1-2H3. The quantitative estimate of drug-likeness (QED) is 0.574. The van der Waals surface area contributed by atoms with E-state index in [0.717, 1.165) is 26.1 Å². The van der Waals surface area contributed by atoms with Gasteiger partial charge in [0.2, 0.25) is 0 Å². The lowest BCUT2D eigenvalue weighted by molar-refractivity contribution is 0.234. The van der Waals surface area contributed by atoms with Gasteiger partial charge in [-0.05, 0) is 33.5 Å². The number of nitrogens with zero attached hydrogens (tertiary/aromatic N) is 1. The van der Waals surface area contributed by atoms with Crippen LogP contribution >= 0.6 is 0 Å². The maximum Gasteiger partial charge on any atom is 0.0410 e. The van der Waals surface area contributed by atoms with Gasteiger partial charge < -0.3 is 16.0 Å². The maximum absolute atomic E-state index is 6.16. The van der Waals surface area contributed by atoms with Crippen molar-refractivity contribution >= 4 is 0 Å². The molecule has 0 amide bonds. The molecule has 1 heterocycles. The van der Waals surface area contributed by atoms with E-state index in [9.17, 15) is 0 Å². The third kappa shape index (κ3) is 2.77. The lowest BCUT2D eigenvalue weighted by Crippen LogP contribution is -2.57. The molecule has 1 atom stereocenters. The summed E-state index contributed by atoms with van der Waals surface area (Å²) in [6, 6.07) is 0. The molecule has 0 bridgehead atoms. The zero-order valence-electron chi connectivity index (χ0n) is 7.56. The summed E-state index contributed by atoms with van der Waals surface area (Å²) < 4.78 is 0. The molecule has 0 spiro atoms. The number of nitrogens with one attached hydrogen (secondary N) is 1. The van der Waals surface area contributed by atoms with Crippen LogP contribution < -0.4 is 11.1 Å². The van der Waals surface area contributed by atoms with E-state index >= 15 is 0 Å². The molecule has 0 aromatic carbocycles. The van der Waals surface area contributed by atoms with Gasteiger partial charge in [-0.2, -0.15) is 0 Å². The summed E-state index contributed by atoms with van der Waals surface area (Å²) in [7, 11) is 4.15. The first-order chi connectivity index (χ1) is 5.12. The Morgan fingerprint density at radius 3 is 2.73 bits per heavy atom. The molecule has 0 aliphatic carbocycles. The lowest BCUT2D eigenvalue weighted by atomic mass is 9.91. The number of hydrogen-bond donors (Lipinski definition) is 2. The molecule has 11 heavy (non-hydrogen) atoms. The van der Waals surface area contributed by atoms with Gasteiger partial charge in [0.1, 0.15) is 0 Å². The van der Waals surface area contributed by atoms with E-state index < -0.39 is 0 Å². The van der Waals surface area contributed by atoms with Crippen LogP contribution in [0.4, 0.5) is 0 Å². The third-order valence-electron chi connectivity index (χ3n) is 2.14. The molecule has 0 aromatic rings. The molecule has 1 saturated heterocycles. The van der Waals surface area contributed by atoms with Crippen LogP contribution in [-0.2, 0) is 0 Å². The molecular formula is C8H19N3. The molecule has 1 aliphatic heterocycles. The van der Waals surface area contributed by atoms with Gasteiger partial charge >= 0.3 is 0 Å². The molecule has 1 rings (SSSR count). The van der Waals surface area contributed by atoms with Gasteiger partial charge in [-0.15, -0.1) is 0 Å². The van der Waals surface area contributed by atoms with Crippen LogP contribution in [0.3, 0.4) is 0 Å². The number of hydrogen-bond acceptors (Lipinski definition) is 3. The summed E-state index contributed by atoms with van der Waals surface area (Å²) >= 11 is 0. The van der Waals surface area contributed by atoms with Crippen LogP contribution in [0, 0.1) is 0 Å². The Balaban J connectivity index is 2.37. The molecule has 3 heteroatoms. The molecule has 0 aromatic heterocycles. The fourth-order valence-electron chi connectivity index (χ4n) is 1.76. The van der Waals surface area contributed by atoms with E-state index in [-0.39, 0.29) is 5.54 Å². The number of piperidine rings is 1. The Hall–Kier alpha value is -0.120. The Morgan fingerprint density at radius 2 is 2.27 bits per heavy atom. The van der Waals surface area contributed by atoms with Gasteiger partial charge in [0.25, 0.3) is 0 Å². The topological polar surface area (TPSA) is 41.3 Å². The molecule has 3 nitrogen and oxygen atoms in total. The minimum Gasteiger partial charge on any atom is -0.323 e. The van der Waals surface area contributed by atoms with Crippen molar-refractivity contribution in [2.45, 2.75) is 18.4 Å². The highest BCUT2D eigenvalue weighted by Gasteiger charge is 2.27. The second-order valence-corrected chi connectivity index (χ2v) is 3.88. The van der Waals surface area contributed by atoms with Crippen molar-refractivity contribution < 1.29 is 0 Å². The number of likely N-dealkylation sites (N-methyl/N-ethyl adjacent to an activating group) is 1. The largest absolute Gasteiger partial charge is 0.323 e. The monoisotopic (exact) mass is 157 g/mol. The molecule has 1 aliphatic rings. The zero-order chi connectivity index (χ0) is 8.32. The fourth-order valence-corrected chi connectivity index (χ4v) is 1.76. The smallest absolute Gasteiger partial charge is 0.0410 e. The average molecular weight is 157 g/mol. The highest BCUT2D eigenvalue weighted by atomic mass is 15.1. The van der Waals surface area contributed by atoms with Gasteiger partial charge in [-0.1, -0.05) is 0 Å². The van der Waals surface area contributed by atoms with E-state index in [0.29, 0.717) is 0 Å². The first kappa shape index (κ1) is 8.97. The Morgan fingerprint density at radius 1 is 1.55 bits per heavy atom. The van der Waals surface area contributed by atoms with Crippen LogP contribution in [-0.4, -0.2) is 44.2 Å². The first-order valence-corrected chi connectivity index (χ1v) is 4.27. The Labute approximate surface area is 68.9 Å². The summed E-state index contributed by atoms with van der Waals surface area (Å²) in [5, 5.41) is 3.33. The highest BCUT2D eigenvalue weighted by molar-refractivity contribution is 4.91. The lowest BCUT2D eigenvalue weighted by Gasteiger charge is -2.36. The van der Waals surface area contributed by atoms with Crippen molar-refractivity contribution in [1.29, 1.82) is 0 Å². The normalized spacial score (nSPS) is 32.7. The summed E-state index contributed by atoms with van der Waals surface area (Å²) in [4.78, 5) is 2.16. The second-order valence-electron chi connectivity index (χ2n) is 3.88. The van der Waals surface area contributed by atoms with Crippen LogP contribution in [0.2, 0.25) is 0 Å². The van der Waals surface area contributed by atoms with Gasteiger partial charge in [0.15, 0.2) is 0 Å². The van der Waals surface area contributed by atoms with Crippen molar-refractivity contribution in [2.24, 2.45) is 5.73 Å². The Kier molecular flexibility index (Phi) is 2.87. The molecule has 3 N–H and O–H groups in total. The van der Waals surface area contributed by atoms with Gasteiger partial charge in [-0.3, -0.25) is 0 Å². The van der Waals surface area contributed by atoms with E-state index in [4.69, 9.17) is 5.73 Å². The zero-order valence-corrected chi connectivity index (χ0v) is 7.56. The third-order valence-corrected chi connectivity index (χ3v) is 2.14. The predicted molar refractivity (Wildman–Crippen MR) is 47.6 cm³/mol. The minimum absolute atomic E-state index is 0.0156. The molecule has 1 unspecified atom stereocenters. The van der Waals surface area contributed by atoms with E-state index in [1.165, 1.54) is 6.42 Å². The van der Waals surface area contributed by atoms with Crippen LogP contribution in [0.15, 0.2) is 0 Å². The Bertz CT molecular complexity index is 117. The van der Waals surface area contributed by atoms with Gasteiger partial charge in [-0.25, -0.2) is 0 Å². The molecule has 0 radical (unpaired) electrons. The van der Waals surface area contributed by atoms with E-state index in [2.05, 4.69) is 24.3 Å². The fraction of sp³-hybridized carbons (Fsp3) is 1.00. The predicted octanol–water partition coefficient (Wildman–Crippen LogP) is -0.371. The van der Waals surface area contributed by atoms with Crippen LogP contribution in [0.1, 0.15) is 12.8 Å². The summed E-state index contributed by atoms with van der Waals surface area (Å²) in [6.45, 7) is 3.08. The van der Waals surface area contributed by atoms with Crippen molar-refractivity contribution in [3.05, 3.63) is 0 Å². The average Bonchev–Trinajstić information content (AvgIpc) is 1.85. The van der Waals surface area contributed by atoms with Crippen molar-refractivity contribution in [3.8, 4) is 0 Å². The molecule has 1 fully saturated rings. The maximum atomic E-state index is 6.16. The second kappa shape index (κ2) is 3.52. The molecule has 0 saturated carbocycles. The van der Waals surface area contributed by atoms with E-state index in [1.54, 1.807) is 0 Å². The van der Waals surface area contributed by atoms with Crippen molar-refractivity contribution in [1.82, 2.24) is 10.2 Å². The summed E-state index contributed by atoms with van der Waals surface area (Å²) in [5.74, 6) is 0. The van der Waals surface area contributed by atoms with Gasteiger partial charge in [0.05, 0.1) is 0 Å². The van der Waals surface area contributed by atoms with Crippen molar-refractivity contribution in [2.75, 3.05) is 33.7 Å². The molecule has 66 valence electrons. The molecular weight excluding hydrogens is 138 g/mol. The summed E-state index contributed by atoms with van der Waals surface area (Å²) in [6.07, 6.45) is 2.36. The van der Waals surface area contributed by atoms with Crippen LogP contribution in [0.25, 0.3) is 0 Å². The van der Waals surface area contributed by atoms with Crippen molar-refractivity contribution in [3.63, 3.8) is 0 Å². The van der Waals surface area contributed by atoms with Gasteiger partial charge in [0, 0.05) is 18.6 Å². The highest BCUT2D eigenvalue weighted by Crippen LogP contribution is 2.12. The van der Waals surface area contributed by atoms with E-state index in [1.807, 2.05) is 0 Å². The van der Waals surface area contributed by atoms with Crippen LogP contribution in [0.5, 0.6) is 0 Å². The first-order valence-electron chi connectivity index (χ1n) is 4.27. The summed E-state index contributed by atoms with van der Waals surface area (Å²) in [5.41, 5.74) is 6.17. The number of nitrogens with two attached hydrogens (primary N) is 1. The number of rotatable bonds is 2. The minimum atomic E-state index is 0.0156. The SMILES string of the molecule is CN(C)CC1(N)CCCNC1.